The van der Waals surface area contributed by atoms with Crippen molar-refractivity contribution >= 4 is 6.08 Å². The van der Waals surface area contributed by atoms with Crippen LogP contribution < -0.4 is 9.47 Å². The number of hydrogen-bond acceptors (Lipinski definition) is 3. The summed E-state index contributed by atoms with van der Waals surface area (Å²) in [6.07, 6.45) is 1.30. The first kappa shape index (κ1) is 9.45. The van der Waals surface area contributed by atoms with E-state index in [1.54, 1.807) is 12.1 Å². The first-order chi connectivity index (χ1) is 6.24. The highest BCUT2D eigenvalue weighted by molar-refractivity contribution is 5.64. The Kier molecular flexibility index (Phi) is 2.80. The van der Waals surface area contributed by atoms with Crippen molar-refractivity contribution in [2.24, 2.45) is 0 Å². The summed E-state index contributed by atoms with van der Waals surface area (Å²) in [5.74, 6) is 0.761. The summed E-state index contributed by atoms with van der Waals surface area (Å²) in [5.41, 5.74) is 0.512. The fourth-order valence-electron chi connectivity index (χ4n) is 1.06. The van der Waals surface area contributed by atoms with E-state index in [-0.39, 0.29) is 5.75 Å². The largest absolute Gasteiger partial charge is 0.504 e. The van der Waals surface area contributed by atoms with E-state index in [1.807, 2.05) is 0 Å². The van der Waals surface area contributed by atoms with Crippen LogP contribution in [0.4, 0.5) is 0 Å². The summed E-state index contributed by atoms with van der Waals surface area (Å²) in [6, 6.07) is 3.33. The Morgan fingerprint density at radius 2 is 2.00 bits per heavy atom. The second-order valence-corrected chi connectivity index (χ2v) is 2.41. The van der Waals surface area contributed by atoms with Gasteiger partial charge in [0.2, 0.25) is 5.75 Å². The van der Waals surface area contributed by atoms with Gasteiger partial charge in [-0.15, -0.1) is 0 Å². The van der Waals surface area contributed by atoms with Gasteiger partial charge in [-0.3, -0.25) is 0 Å². The van der Waals surface area contributed by atoms with E-state index in [0.29, 0.717) is 17.1 Å². The van der Waals surface area contributed by atoms with Gasteiger partial charge in [0.25, 0.3) is 0 Å². The molecule has 1 rings (SSSR count). The number of rotatable bonds is 3. The summed E-state index contributed by atoms with van der Waals surface area (Å²) in [7, 11) is 2.96. The fourth-order valence-corrected chi connectivity index (χ4v) is 1.06. The minimum atomic E-state index is -0.00986. The van der Waals surface area contributed by atoms with Crippen LogP contribution in [0.25, 0.3) is 6.08 Å². The fraction of sp³-hybridized carbons (Fsp3) is 0.200. The minimum absolute atomic E-state index is 0.00986. The number of benzene rings is 1. The van der Waals surface area contributed by atoms with Crippen molar-refractivity contribution in [2.75, 3.05) is 14.2 Å². The van der Waals surface area contributed by atoms with Crippen molar-refractivity contribution < 1.29 is 14.6 Å². The van der Waals surface area contributed by atoms with E-state index < -0.39 is 0 Å². The molecule has 1 radical (unpaired) electrons. The van der Waals surface area contributed by atoms with Gasteiger partial charge in [-0.2, -0.15) is 0 Å². The lowest BCUT2D eigenvalue weighted by Crippen LogP contribution is -1.91. The number of ether oxygens (including phenoxy) is 2. The van der Waals surface area contributed by atoms with E-state index in [0.717, 1.165) is 0 Å². The summed E-state index contributed by atoms with van der Waals surface area (Å²) >= 11 is 0. The molecule has 0 aromatic heterocycles. The normalized spacial score (nSPS) is 9.38. The van der Waals surface area contributed by atoms with Crippen LogP contribution in [0.15, 0.2) is 12.1 Å². The Bertz CT molecular complexity index is 318. The quantitative estimate of drug-likeness (QED) is 0.769. The number of aromatic hydroxyl groups is 1. The molecule has 69 valence electrons. The van der Waals surface area contributed by atoms with Crippen LogP contribution in [0, 0.1) is 6.58 Å². The van der Waals surface area contributed by atoms with E-state index in [2.05, 4.69) is 0 Å². The number of phenolic OH excluding ortho intramolecular Hbond substituents is 1. The Morgan fingerprint density at radius 3 is 2.46 bits per heavy atom. The van der Waals surface area contributed by atoms with Crippen LogP contribution >= 0.6 is 0 Å². The van der Waals surface area contributed by atoms with Gasteiger partial charge in [0.1, 0.15) is 0 Å². The van der Waals surface area contributed by atoms with Gasteiger partial charge < -0.3 is 14.6 Å². The Hall–Kier alpha value is -1.64. The summed E-state index contributed by atoms with van der Waals surface area (Å²) in [5, 5.41) is 9.58. The molecule has 0 aliphatic rings. The molecule has 0 unspecified atom stereocenters. The van der Waals surface area contributed by atoms with Crippen LogP contribution in [-0.2, 0) is 0 Å². The van der Waals surface area contributed by atoms with Crippen molar-refractivity contribution in [3.63, 3.8) is 0 Å². The highest BCUT2D eigenvalue weighted by atomic mass is 16.5. The van der Waals surface area contributed by atoms with Gasteiger partial charge in [0, 0.05) is 5.56 Å². The standard InChI is InChI=1S/C10H11O3/c1-4-7-5-6-8(12-2)10(13-3)9(7)11/h1,4-6,11H,2-3H3. The lowest BCUT2D eigenvalue weighted by Gasteiger charge is -2.10. The van der Waals surface area contributed by atoms with Crippen LogP contribution in [0.1, 0.15) is 5.56 Å². The highest BCUT2D eigenvalue weighted by Crippen LogP contribution is 2.38. The molecule has 0 saturated heterocycles. The first-order valence-electron chi connectivity index (χ1n) is 3.73. The van der Waals surface area contributed by atoms with E-state index in [4.69, 9.17) is 16.1 Å². The zero-order valence-electron chi connectivity index (χ0n) is 7.57. The van der Waals surface area contributed by atoms with E-state index in [9.17, 15) is 5.11 Å². The van der Waals surface area contributed by atoms with Gasteiger partial charge >= 0.3 is 0 Å². The maximum atomic E-state index is 9.58. The lowest BCUT2D eigenvalue weighted by atomic mass is 10.1. The summed E-state index contributed by atoms with van der Waals surface area (Å²) < 4.78 is 9.94. The van der Waals surface area contributed by atoms with E-state index in [1.165, 1.54) is 20.3 Å². The van der Waals surface area contributed by atoms with Crippen molar-refractivity contribution in [1.82, 2.24) is 0 Å². The molecule has 0 amide bonds. The van der Waals surface area contributed by atoms with Crippen LogP contribution in [0.2, 0.25) is 0 Å². The van der Waals surface area contributed by atoms with Gasteiger partial charge in [0.05, 0.1) is 14.2 Å². The zero-order chi connectivity index (χ0) is 9.84. The van der Waals surface area contributed by atoms with Gasteiger partial charge in [-0.1, -0.05) is 12.7 Å². The molecule has 0 aliphatic heterocycles. The predicted octanol–water partition coefficient (Wildman–Crippen LogP) is 1.86. The average molecular weight is 179 g/mol. The summed E-state index contributed by atoms with van der Waals surface area (Å²) in [6.45, 7) is 5.28. The molecule has 0 heterocycles. The monoisotopic (exact) mass is 179 g/mol. The predicted molar refractivity (Wildman–Crippen MR) is 50.0 cm³/mol. The third-order valence-corrected chi connectivity index (χ3v) is 1.73. The molecule has 1 aromatic rings. The molecule has 3 nitrogen and oxygen atoms in total. The van der Waals surface area contributed by atoms with Crippen LogP contribution in [0.3, 0.4) is 0 Å². The molecule has 0 bridgehead atoms. The van der Waals surface area contributed by atoms with Crippen LogP contribution in [0.5, 0.6) is 17.2 Å². The Morgan fingerprint density at radius 1 is 1.31 bits per heavy atom. The maximum Gasteiger partial charge on any atom is 0.203 e. The second-order valence-electron chi connectivity index (χ2n) is 2.41. The Labute approximate surface area is 77.2 Å². The lowest BCUT2D eigenvalue weighted by molar-refractivity contribution is 0.333. The first-order valence-corrected chi connectivity index (χ1v) is 3.73. The van der Waals surface area contributed by atoms with Gasteiger partial charge in [0.15, 0.2) is 11.5 Å². The molecule has 1 N–H and O–H groups in total. The SMILES string of the molecule is [CH]=Cc1ccc(OC)c(OC)c1O. The molecule has 0 saturated carbocycles. The smallest absolute Gasteiger partial charge is 0.203 e. The molecule has 1 aromatic carbocycles. The highest BCUT2D eigenvalue weighted by Gasteiger charge is 2.11. The third-order valence-electron chi connectivity index (χ3n) is 1.73. The second kappa shape index (κ2) is 3.85. The molecule has 0 atom stereocenters. The number of phenols is 1. The molecule has 0 aliphatic carbocycles. The van der Waals surface area contributed by atoms with Gasteiger partial charge in [-0.05, 0) is 12.1 Å². The van der Waals surface area contributed by atoms with Gasteiger partial charge in [-0.25, -0.2) is 0 Å². The minimum Gasteiger partial charge on any atom is -0.504 e. The zero-order valence-corrected chi connectivity index (χ0v) is 7.57. The number of methoxy groups -OCH3 is 2. The molecule has 0 fully saturated rings. The Balaban J connectivity index is 3.31. The summed E-state index contributed by atoms with van der Waals surface area (Å²) in [4.78, 5) is 0. The average Bonchev–Trinajstić information content (AvgIpc) is 2.17. The van der Waals surface area contributed by atoms with Crippen molar-refractivity contribution in [2.45, 2.75) is 0 Å². The molecule has 3 heteroatoms. The molecule has 13 heavy (non-hydrogen) atoms. The third kappa shape index (κ3) is 1.59. The maximum absolute atomic E-state index is 9.58. The van der Waals surface area contributed by atoms with Crippen molar-refractivity contribution in [1.29, 1.82) is 0 Å². The van der Waals surface area contributed by atoms with Crippen LogP contribution in [-0.4, -0.2) is 19.3 Å². The van der Waals surface area contributed by atoms with Crippen molar-refractivity contribution in [3.8, 4) is 17.2 Å². The van der Waals surface area contributed by atoms with E-state index >= 15 is 0 Å². The molecular weight excluding hydrogens is 168 g/mol. The molecule has 0 spiro atoms. The number of hydrogen-bond donors (Lipinski definition) is 1. The van der Waals surface area contributed by atoms with Crippen molar-refractivity contribution in [3.05, 3.63) is 24.3 Å². The topological polar surface area (TPSA) is 38.7 Å². The molecular formula is C10H11O3.